The number of cyclic esters (lactones) is 1. The van der Waals surface area contributed by atoms with Gasteiger partial charge in [0.2, 0.25) is 0 Å². The van der Waals surface area contributed by atoms with Gasteiger partial charge in [-0.25, -0.2) is 9.69 Å². The number of ether oxygens (including phenoxy) is 1. The molecule has 1 aliphatic rings. The van der Waals surface area contributed by atoms with Gasteiger partial charge in [-0.05, 0) is 37.2 Å². The molecule has 4 nitrogen and oxygen atoms in total. The summed E-state index contributed by atoms with van der Waals surface area (Å²) in [6, 6.07) is 9.45. The minimum absolute atomic E-state index is 0.223. The van der Waals surface area contributed by atoms with Crippen molar-refractivity contribution in [3.05, 3.63) is 48.6 Å². The standard InChI is InChI=1S/C19H21NO3/c1-2-3-4-5-6-10-13-18(21)20-17(15-23-19(20)22)14-16-11-8-7-9-12-16/h2,7-9,11-12,17H,1,3-6,14-15H2/t17-/m0/s1. The highest BCUT2D eigenvalue weighted by molar-refractivity contribution is 6.03. The largest absolute Gasteiger partial charge is 0.447 e. The summed E-state index contributed by atoms with van der Waals surface area (Å²) < 4.78 is 5.02. The average molecular weight is 311 g/mol. The smallest absolute Gasteiger partial charge is 0.417 e. The van der Waals surface area contributed by atoms with Crippen molar-refractivity contribution in [2.24, 2.45) is 0 Å². The first-order valence-corrected chi connectivity index (χ1v) is 7.86. The molecule has 4 heteroatoms. The van der Waals surface area contributed by atoms with Crippen LogP contribution in [0.15, 0.2) is 43.0 Å². The fourth-order valence-electron chi connectivity index (χ4n) is 2.45. The van der Waals surface area contributed by atoms with E-state index in [2.05, 4.69) is 18.4 Å². The SMILES string of the molecule is C=CCCCCC#CC(=O)N1C(=O)OC[C@@H]1Cc1ccccc1. The van der Waals surface area contributed by atoms with Crippen LogP contribution in [0.2, 0.25) is 0 Å². The number of hydrogen-bond donors (Lipinski definition) is 0. The molecular weight excluding hydrogens is 290 g/mol. The van der Waals surface area contributed by atoms with Gasteiger partial charge in [0.05, 0.1) is 6.04 Å². The van der Waals surface area contributed by atoms with E-state index in [1.54, 1.807) is 0 Å². The van der Waals surface area contributed by atoms with Gasteiger partial charge in [0, 0.05) is 6.42 Å². The third-order valence-electron chi connectivity index (χ3n) is 3.65. The number of amides is 2. The zero-order valence-electron chi connectivity index (χ0n) is 13.2. The molecular formula is C19H21NO3. The summed E-state index contributed by atoms with van der Waals surface area (Å²) in [4.78, 5) is 25.1. The van der Waals surface area contributed by atoms with Crippen molar-refractivity contribution >= 4 is 12.0 Å². The Labute approximate surface area is 137 Å². The second-order valence-corrected chi connectivity index (χ2v) is 5.43. The number of unbranched alkanes of at least 4 members (excludes halogenated alkanes) is 3. The molecule has 2 amide bonds. The monoisotopic (exact) mass is 311 g/mol. The van der Waals surface area contributed by atoms with E-state index in [-0.39, 0.29) is 12.6 Å². The summed E-state index contributed by atoms with van der Waals surface area (Å²) in [6.07, 6.45) is 5.38. The lowest BCUT2D eigenvalue weighted by atomic mass is 10.1. The fourth-order valence-corrected chi connectivity index (χ4v) is 2.45. The third-order valence-corrected chi connectivity index (χ3v) is 3.65. The molecule has 23 heavy (non-hydrogen) atoms. The number of imide groups is 1. The molecule has 1 heterocycles. The van der Waals surface area contributed by atoms with E-state index < -0.39 is 12.0 Å². The Morgan fingerprint density at radius 3 is 2.87 bits per heavy atom. The molecule has 0 saturated carbocycles. The zero-order valence-corrected chi connectivity index (χ0v) is 13.2. The maximum absolute atomic E-state index is 12.2. The number of allylic oxidation sites excluding steroid dienone is 1. The first-order valence-electron chi connectivity index (χ1n) is 7.86. The topological polar surface area (TPSA) is 46.6 Å². The molecule has 0 radical (unpaired) electrons. The molecule has 0 N–H and O–H groups in total. The first kappa shape index (κ1) is 16.8. The van der Waals surface area contributed by atoms with Crippen LogP contribution in [-0.4, -0.2) is 29.5 Å². The number of benzene rings is 1. The number of nitrogens with zero attached hydrogens (tertiary/aromatic N) is 1. The Balaban J connectivity index is 1.92. The normalized spacial score (nSPS) is 16.4. The second kappa shape index (κ2) is 8.79. The Hall–Kier alpha value is -2.54. The van der Waals surface area contributed by atoms with Crippen LogP contribution in [-0.2, 0) is 16.0 Å². The van der Waals surface area contributed by atoms with Crippen molar-refractivity contribution < 1.29 is 14.3 Å². The van der Waals surface area contributed by atoms with Crippen molar-refractivity contribution in [3.8, 4) is 11.8 Å². The molecule has 120 valence electrons. The van der Waals surface area contributed by atoms with Gasteiger partial charge in [-0.1, -0.05) is 42.3 Å². The van der Waals surface area contributed by atoms with Crippen LogP contribution in [0.3, 0.4) is 0 Å². The Morgan fingerprint density at radius 2 is 2.13 bits per heavy atom. The van der Waals surface area contributed by atoms with Crippen LogP contribution >= 0.6 is 0 Å². The molecule has 0 bridgehead atoms. The van der Waals surface area contributed by atoms with E-state index in [1.165, 1.54) is 0 Å². The van der Waals surface area contributed by atoms with Gasteiger partial charge in [-0.2, -0.15) is 0 Å². The minimum Gasteiger partial charge on any atom is -0.447 e. The van der Waals surface area contributed by atoms with Gasteiger partial charge in [-0.3, -0.25) is 4.79 Å². The van der Waals surface area contributed by atoms with E-state index in [1.807, 2.05) is 36.4 Å². The highest BCUT2D eigenvalue weighted by Crippen LogP contribution is 2.17. The fraction of sp³-hybridized carbons (Fsp3) is 0.368. The van der Waals surface area contributed by atoms with Crippen molar-refractivity contribution in [1.29, 1.82) is 0 Å². The van der Waals surface area contributed by atoms with Crippen molar-refractivity contribution in [2.45, 2.75) is 38.1 Å². The Bertz CT molecular complexity index is 612. The molecule has 0 aromatic heterocycles. The summed E-state index contributed by atoms with van der Waals surface area (Å²) in [5.74, 6) is 4.93. The molecule has 2 rings (SSSR count). The van der Waals surface area contributed by atoms with Crippen molar-refractivity contribution in [2.75, 3.05) is 6.61 Å². The number of rotatable bonds is 6. The van der Waals surface area contributed by atoms with Gasteiger partial charge in [0.15, 0.2) is 0 Å². The molecule has 0 aliphatic carbocycles. The molecule has 1 atom stereocenters. The van der Waals surface area contributed by atoms with E-state index in [4.69, 9.17) is 4.74 Å². The lowest BCUT2D eigenvalue weighted by molar-refractivity contribution is -0.123. The number of carbonyl (C=O) groups is 2. The third kappa shape index (κ3) is 5.00. The molecule has 1 fully saturated rings. The van der Waals surface area contributed by atoms with Crippen LogP contribution in [0.25, 0.3) is 0 Å². The summed E-state index contributed by atoms with van der Waals surface area (Å²) in [5, 5.41) is 0. The summed E-state index contributed by atoms with van der Waals surface area (Å²) in [5.41, 5.74) is 1.06. The van der Waals surface area contributed by atoms with E-state index in [0.29, 0.717) is 12.8 Å². The van der Waals surface area contributed by atoms with Crippen LogP contribution in [0.1, 0.15) is 31.2 Å². The number of hydrogen-bond acceptors (Lipinski definition) is 3. The van der Waals surface area contributed by atoms with Gasteiger partial charge >= 0.3 is 12.0 Å². The average Bonchev–Trinajstić information content (AvgIpc) is 2.92. The van der Waals surface area contributed by atoms with Crippen LogP contribution in [0.5, 0.6) is 0 Å². The van der Waals surface area contributed by atoms with E-state index in [0.717, 1.165) is 29.7 Å². The predicted octanol–water partition coefficient (Wildman–Crippen LogP) is 3.33. The lowest BCUT2D eigenvalue weighted by Crippen LogP contribution is -2.39. The molecule has 0 unspecified atom stereocenters. The summed E-state index contributed by atoms with van der Waals surface area (Å²) in [7, 11) is 0. The highest BCUT2D eigenvalue weighted by atomic mass is 16.6. The van der Waals surface area contributed by atoms with E-state index >= 15 is 0 Å². The second-order valence-electron chi connectivity index (χ2n) is 5.43. The maximum Gasteiger partial charge on any atom is 0.417 e. The van der Waals surface area contributed by atoms with E-state index in [9.17, 15) is 9.59 Å². The molecule has 1 aromatic carbocycles. The molecule has 0 spiro atoms. The van der Waals surface area contributed by atoms with Crippen molar-refractivity contribution in [3.63, 3.8) is 0 Å². The Kier molecular flexibility index (Phi) is 6.43. The van der Waals surface area contributed by atoms with Crippen LogP contribution in [0.4, 0.5) is 4.79 Å². The molecule has 1 aromatic rings. The van der Waals surface area contributed by atoms with Gasteiger partial charge in [0.1, 0.15) is 6.61 Å². The van der Waals surface area contributed by atoms with Gasteiger partial charge in [0.25, 0.3) is 0 Å². The molecule has 1 saturated heterocycles. The number of carbonyl (C=O) groups excluding carboxylic acids is 2. The predicted molar refractivity (Wildman–Crippen MR) is 88.6 cm³/mol. The maximum atomic E-state index is 12.2. The van der Waals surface area contributed by atoms with Gasteiger partial charge < -0.3 is 4.74 Å². The minimum atomic E-state index is -0.600. The summed E-state index contributed by atoms with van der Waals surface area (Å²) >= 11 is 0. The van der Waals surface area contributed by atoms with Gasteiger partial charge in [-0.15, -0.1) is 6.58 Å². The zero-order chi connectivity index (χ0) is 16.5. The van der Waals surface area contributed by atoms with Crippen LogP contribution < -0.4 is 0 Å². The highest BCUT2D eigenvalue weighted by Gasteiger charge is 2.37. The summed E-state index contributed by atoms with van der Waals surface area (Å²) in [6.45, 7) is 3.88. The Morgan fingerprint density at radius 1 is 1.35 bits per heavy atom. The quantitative estimate of drug-likeness (QED) is 0.460. The van der Waals surface area contributed by atoms with Crippen LogP contribution in [0, 0.1) is 11.8 Å². The molecule has 1 aliphatic heterocycles. The lowest BCUT2D eigenvalue weighted by Gasteiger charge is -2.16. The van der Waals surface area contributed by atoms with Crippen molar-refractivity contribution in [1.82, 2.24) is 4.90 Å². The first-order chi connectivity index (χ1) is 11.2.